The van der Waals surface area contributed by atoms with E-state index in [4.69, 9.17) is 5.73 Å². The molecule has 78 valence electrons. The zero-order valence-corrected chi connectivity index (χ0v) is 9.13. The van der Waals surface area contributed by atoms with Gasteiger partial charge in [-0.3, -0.25) is 0 Å². The van der Waals surface area contributed by atoms with Crippen LogP contribution in [0.25, 0.3) is 0 Å². The zero-order valence-electron chi connectivity index (χ0n) is 9.13. The van der Waals surface area contributed by atoms with Gasteiger partial charge in [-0.05, 0) is 37.1 Å². The van der Waals surface area contributed by atoms with Crippen LogP contribution in [0.2, 0.25) is 0 Å². The van der Waals surface area contributed by atoms with Gasteiger partial charge < -0.3 is 10.6 Å². The fraction of sp³-hybridized carbons (Fsp3) is 0.455. The minimum atomic E-state index is -0.192. The van der Waals surface area contributed by atoms with Gasteiger partial charge in [0, 0.05) is 25.8 Å². The first kappa shape index (κ1) is 11.0. The lowest BCUT2D eigenvalue weighted by atomic mass is 10.0. The number of benzene rings is 1. The first-order valence-corrected chi connectivity index (χ1v) is 4.66. The van der Waals surface area contributed by atoms with Crippen molar-refractivity contribution in [1.82, 2.24) is 0 Å². The molecule has 0 spiro atoms. The van der Waals surface area contributed by atoms with Crippen molar-refractivity contribution in [2.24, 2.45) is 5.73 Å². The average Bonchev–Trinajstić information content (AvgIpc) is 2.08. The Labute approximate surface area is 84.5 Å². The van der Waals surface area contributed by atoms with E-state index >= 15 is 0 Å². The van der Waals surface area contributed by atoms with E-state index in [9.17, 15) is 4.39 Å². The highest BCUT2D eigenvalue weighted by molar-refractivity contribution is 5.56. The third-order valence-electron chi connectivity index (χ3n) is 2.28. The highest BCUT2D eigenvalue weighted by atomic mass is 19.1. The maximum Gasteiger partial charge on any atom is 0.126 e. The predicted octanol–water partition coefficient (Wildman–Crippen LogP) is 2.22. The van der Waals surface area contributed by atoms with Crippen molar-refractivity contribution in [1.29, 1.82) is 0 Å². The van der Waals surface area contributed by atoms with Gasteiger partial charge in [0.25, 0.3) is 0 Å². The molecule has 0 heterocycles. The van der Waals surface area contributed by atoms with Gasteiger partial charge in [0.2, 0.25) is 0 Å². The second-order valence-corrected chi connectivity index (χ2v) is 3.84. The van der Waals surface area contributed by atoms with Gasteiger partial charge in [-0.15, -0.1) is 0 Å². The summed E-state index contributed by atoms with van der Waals surface area (Å²) in [6.07, 6.45) is 0. The van der Waals surface area contributed by atoms with Crippen LogP contribution in [0.15, 0.2) is 12.1 Å². The molecule has 0 saturated carbocycles. The summed E-state index contributed by atoms with van der Waals surface area (Å²) in [5.74, 6) is -0.192. The largest absolute Gasteiger partial charge is 0.377 e. The van der Waals surface area contributed by atoms with Crippen LogP contribution < -0.4 is 10.6 Å². The summed E-state index contributed by atoms with van der Waals surface area (Å²) in [7, 11) is 3.86. The third-order valence-corrected chi connectivity index (χ3v) is 2.28. The fourth-order valence-corrected chi connectivity index (χ4v) is 1.43. The van der Waals surface area contributed by atoms with E-state index in [-0.39, 0.29) is 11.9 Å². The summed E-state index contributed by atoms with van der Waals surface area (Å²) < 4.78 is 13.3. The molecule has 0 aromatic heterocycles. The Morgan fingerprint density at radius 1 is 1.36 bits per heavy atom. The Morgan fingerprint density at radius 3 is 2.36 bits per heavy atom. The quantitative estimate of drug-likeness (QED) is 0.785. The molecule has 0 aliphatic rings. The van der Waals surface area contributed by atoms with Crippen LogP contribution in [-0.2, 0) is 0 Å². The standard InChI is InChI=1S/C11H17FN2/c1-7-5-11(14(3)4)9(8(2)13)6-10(7)12/h5-6,8H,13H2,1-4H3/t8-/m0/s1. The highest BCUT2D eigenvalue weighted by Gasteiger charge is 2.11. The number of rotatable bonds is 2. The maximum absolute atomic E-state index is 13.3. The van der Waals surface area contributed by atoms with Crippen LogP contribution in [0.3, 0.4) is 0 Å². The molecular formula is C11H17FN2. The minimum absolute atomic E-state index is 0.150. The third kappa shape index (κ3) is 2.04. The van der Waals surface area contributed by atoms with E-state index in [0.717, 1.165) is 11.3 Å². The number of hydrogen-bond acceptors (Lipinski definition) is 2. The molecule has 1 atom stereocenters. The molecule has 2 nitrogen and oxygen atoms in total. The maximum atomic E-state index is 13.3. The van der Waals surface area contributed by atoms with Gasteiger partial charge in [0.1, 0.15) is 5.82 Å². The molecule has 0 bridgehead atoms. The zero-order chi connectivity index (χ0) is 10.9. The lowest BCUT2D eigenvalue weighted by molar-refractivity contribution is 0.613. The van der Waals surface area contributed by atoms with Crippen molar-refractivity contribution in [2.45, 2.75) is 19.9 Å². The van der Waals surface area contributed by atoms with Crippen molar-refractivity contribution in [3.8, 4) is 0 Å². The van der Waals surface area contributed by atoms with E-state index in [1.807, 2.05) is 32.0 Å². The van der Waals surface area contributed by atoms with E-state index in [1.54, 1.807) is 6.92 Å². The van der Waals surface area contributed by atoms with E-state index in [1.165, 1.54) is 6.07 Å². The molecule has 0 aliphatic heterocycles. The minimum Gasteiger partial charge on any atom is -0.377 e. The fourth-order valence-electron chi connectivity index (χ4n) is 1.43. The van der Waals surface area contributed by atoms with Crippen molar-refractivity contribution in [2.75, 3.05) is 19.0 Å². The summed E-state index contributed by atoms with van der Waals surface area (Å²) in [4.78, 5) is 1.95. The normalized spacial score (nSPS) is 12.7. The summed E-state index contributed by atoms with van der Waals surface area (Å²) in [5, 5.41) is 0. The lowest BCUT2D eigenvalue weighted by Gasteiger charge is -2.20. The van der Waals surface area contributed by atoms with Crippen molar-refractivity contribution in [3.05, 3.63) is 29.1 Å². The van der Waals surface area contributed by atoms with Crippen molar-refractivity contribution < 1.29 is 4.39 Å². The van der Waals surface area contributed by atoms with Crippen molar-refractivity contribution >= 4 is 5.69 Å². The lowest BCUT2D eigenvalue weighted by Crippen LogP contribution is -2.16. The molecule has 0 aliphatic carbocycles. The van der Waals surface area contributed by atoms with E-state index in [0.29, 0.717) is 5.56 Å². The molecule has 1 aromatic carbocycles. The van der Waals surface area contributed by atoms with Gasteiger partial charge in [-0.25, -0.2) is 4.39 Å². The summed E-state index contributed by atoms with van der Waals surface area (Å²) in [6.45, 7) is 3.62. The highest BCUT2D eigenvalue weighted by Crippen LogP contribution is 2.26. The molecule has 3 heteroatoms. The number of aryl methyl sites for hydroxylation is 1. The monoisotopic (exact) mass is 196 g/mol. The Bertz CT molecular complexity index is 299. The summed E-state index contributed by atoms with van der Waals surface area (Å²) >= 11 is 0. The van der Waals surface area contributed by atoms with Crippen LogP contribution in [0.4, 0.5) is 10.1 Å². The second-order valence-electron chi connectivity index (χ2n) is 3.84. The first-order chi connectivity index (χ1) is 6.43. The smallest absolute Gasteiger partial charge is 0.126 e. The number of halogens is 1. The van der Waals surface area contributed by atoms with Crippen LogP contribution in [0, 0.1) is 12.7 Å². The molecule has 0 radical (unpaired) electrons. The Hall–Kier alpha value is -1.09. The van der Waals surface area contributed by atoms with E-state index < -0.39 is 0 Å². The Balaban J connectivity index is 3.31. The topological polar surface area (TPSA) is 29.3 Å². The molecule has 14 heavy (non-hydrogen) atoms. The van der Waals surface area contributed by atoms with Gasteiger partial charge in [0.05, 0.1) is 0 Å². The molecule has 1 rings (SSSR count). The Morgan fingerprint density at radius 2 is 1.93 bits per heavy atom. The van der Waals surface area contributed by atoms with Gasteiger partial charge >= 0.3 is 0 Å². The van der Waals surface area contributed by atoms with Crippen LogP contribution >= 0.6 is 0 Å². The van der Waals surface area contributed by atoms with Crippen LogP contribution in [-0.4, -0.2) is 14.1 Å². The molecule has 1 aromatic rings. The van der Waals surface area contributed by atoms with Crippen molar-refractivity contribution in [3.63, 3.8) is 0 Å². The molecule has 2 N–H and O–H groups in total. The number of nitrogens with zero attached hydrogens (tertiary/aromatic N) is 1. The first-order valence-electron chi connectivity index (χ1n) is 4.66. The summed E-state index contributed by atoms with van der Waals surface area (Å²) in [6, 6.07) is 3.20. The predicted molar refractivity (Wildman–Crippen MR) is 58.1 cm³/mol. The molecule has 0 fully saturated rings. The van der Waals surface area contributed by atoms with Gasteiger partial charge in [0.15, 0.2) is 0 Å². The van der Waals surface area contributed by atoms with Gasteiger partial charge in [-0.1, -0.05) is 0 Å². The molecular weight excluding hydrogens is 179 g/mol. The van der Waals surface area contributed by atoms with Gasteiger partial charge in [-0.2, -0.15) is 0 Å². The molecule has 0 amide bonds. The van der Waals surface area contributed by atoms with Crippen LogP contribution in [0.1, 0.15) is 24.1 Å². The average molecular weight is 196 g/mol. The SMILES string of the molecule is Cc1cc(N(C)C)c([C@H](C)N)cc1F. The summed E-state index contributed by atoms with van der Waals surface area (Å²) in [5.41, 5.74) is 8.26. The number of hydrogen-bond donors (Lipinski definition) is 1. The van der Waals surface area contributed by atoms with Crippen LogP contribution in [0.5, 0.6) is 0 Å². The van der Waals surface area contributed by atoms with E-state index in [2.05, 4.69) is 0 Å². The number of nitrogens with two attached hydrogens (primary N) is 1. The molecule has 0 unspecified atom stereocenters. The Kier molecular flexibility index (Phi) is 3.11. The second kappa shape index (κ2) is 3.96. The number of anilines is 1. The molecule has 0 saturated heterocycles.